The minimum absolute atomic E-state index is 0.00729. The number of phenols is 1. The van der Waals surface area contributed by atoms with Gasteiger partial charge in [0.1, 0.15) is 96.4 Å². The maximum atomic E-state index is 15.1. The summed E-state index contributed by atoms with van der Waals surface area (Å²) in [5, 5.41) is 69.8. The lowest BCUT2D eigenvalue weighted by atomic mass is 9.98. The lowest BCUT2D eigenvalue weighted by molar-refractivity contribution is -0.138. The van der Waals surface area contributed by atoms with Crippen molar-refractivity contribution in [2.24, 2.45) is 90.3 Å². The Labute approximate surface area is 822 Å². The van der Waals surface area contributed by atoms with Gasteiger partial charge in [0.25, 0.3) is 0 Å². The van der Waals surface area contributed by atoms with Gasteiger partial charge in [-0.25, -0.2) is 4.98 Å². The number of aliphatic hydroxyl groups is 2. The Bertz CT molecular complexity index is 4940. The highest BCUT2D eigenvalue weighted by molar-refractivity contribution is 6.02. The zero-order valence-electron chi connectivity index (χ0n) is 81.6. The smallest absolute Gasteiger partial charge is 0.245 e. The number of aliphatic hydroxyl groups excluding tert-OH is 2. The standard InChI is InChI=1S/C92H143N29O21/c1-47(2)36-63(115-87(140)70(45-122)119-82(135)66(107-52(10)124)40-53-20-13-11-14-21-53)80(133)109-59(25-18-34-104-91(98)99)78(131)117-68(42-56-44-102-46-106-56)84(137)116-67(41-54-22-15-12-16-23-54)83(136)113-64(37-48(3)4)81(134)118-69(43-72(94)127)85(138)114-65(38-49(5)6)86(139)120-73(50(7)8)88(141)121-74(51(9)123)89(142)111-60(26-19-35-105-92(100)101)76(129)110-61(31-32-71(93)126)79(132)108-58(24-17-33-103-90(96)97)77(130)112-62(75(95)128)39-55-27-29-57(125)30-28-55/h11-16,20-23,27-30,44,46-51,58-70,73-74,122-123,125H,17-19,24-26,31-43,45H2,1-10H3,(H2,93,126)(H2,94,127)(H2,95,128)(H,102,106)(H,107,124)(H,108,132)(H,109,133)(H,110,129)(H,111,142)(H,112,130)(H,113,136)(H,114,138)(H,115,140)(H,116,137)(H,117,131)(H,118,134)(H,119,135)(H,120,139)(H,121,141)(H4,96,97,103)(H4,98,99,104)(H4,100,101,105)/t51-,58+,59+,60+,61+,62+,63+,64+,65+,66+,67+,68+,69+,70+,73+,74+/m1/s1. The van der Waals surface area contributed by atoms with E-state index < -0.39 is 247 Å². The second-order valence-electron chi connectivity index (χ2n) is 36.0. The van der Waals surface area contributed by atoms with Gasteiger partial charge >= 0.3 is 0 Å². The number of primary amides is 3. The number of H-pyrrole nitrogens is 1. The molecule has 0 spiro atoms. The van der Waals surface area contributed by atoms with Gasteiger partial charge in [-0.2, -0.15) is 0 Å². The van der Waals surface area contributed by atoms with Gasteiger partial charge in [0.15, 0.2) is 17.9 Å². The Morgan fingerprint density at radius 3 is 1.01 bits per heavy atom. The number of aliphatic imine (C=N–C) groups is 3. The van der Waals surface area contributed by atoms with Gasteiger partial charge in [0.2, 0.25) is 106 Å². The molecule has 0 saturated heterocycles. The highest BCUT2D eigenvalue weighted by Crippen LogP contribution is 2.19. The van der Waals surface area contributed by atoms with E-state index in [-0.39, 0.29) is 138 Å². The summed E-state index contributed by atoms with van der Waals surface area (Å²) in [5.41, 5.74) is 52.2. The highest BCUT2D eigenvalue weighted by Gasteiger charge is 2.41. The number of aromatic amines is 1. The Morgan fingerprint density at radius 1 is 0.345 bits per heavy atom. The van der Waals surface area contributed by atoms with Crippen LogP contribution < -0.4 is 131 Å². The van der Waals surface area contributed by atoms with Crippen LogP contribution in [0.15, 0.2) is 112 Å². The van der Waals surface area contributed by atoms with Gasteiger partial charge in [0.05, 0.1) is 31.2 Å². The molecule has 50 nitrogen and oxygen atoms in total. The largest absolute Gasteiger partial charge is 0.508 e. The van der Waals surface area contributed by atoms with Crippen molar-refractivity contribution in [3.8, 4) is 5.75 Å². The van der Waals surface area contributed by atoms with Crippen molar-refractivity contribution in [2.45, 2.75) is 269 Å². The van der Waals surface area contributed by atoms with Crippen molar-refractivity contribution in [1.82, 2.24) is 89.7 Å². The Hall–Kier alpha value is -15.1. The van der Waals surface area contributed by atoms with Crippen molar-refractivity contribution >= 4 is 124 Å². The van der Waals surface area contributed by atoms with Gasteiger partial charge in [-0.05, 0) is 124 Å². The quantitative estimate of drug-likeness (QED) is 0.0111. The van der Waals surface area contributed by atoms with Crippen LogP contribution in [0.2, 0.25) is 0 Å². The number of nitrogens with two attached hydrogens (primary N) is 9. The summed E-state index contributed by atoms with van der Waals surface area (Å²) in [6, 6.07) is -1.45. The van der Waals surface area contributed by atoms with Crippen LogP contribution in [0.4, 0.5) is 0 Å². The molecular formula is C92H143N29O21. The zero-order valence-corrected chi connectivity index (χ0v) is 81.6. The van der Waals surface area contributed by atoms with Crippen molar-refractivity contribution in [2.75, 3.05) is 26.2 Å². The van der Waals surface area contributed by atoms with Crippen LogP contribution in [0.25, 0.3) is 0 Å². The van der Waals surface area contributed by atoms with E-state index in [2.05, 4.69) is 105 Å². The van der Waals surface area contributed by atoms with E-state index in [9.17, 15) is 92.0 Å². The van der Waals surface area contributed by atoms with Crippen LogP contribution in [0.5, 0.6) is 5.75 Å². The maximum absolute atomic E-state index is 15.1. The van der Waals surface area contributed by atoms with Gasteiger partial charge < -0.3 is 152 Å². The number of nitrogens with one attached hydrogen (secondary N) is 16. The summed E-state index contributed by atoms with van der Waals surface area (Å²) >= 11 is 0. The predicted molar refractivity (Wildman–Crippen MR) is 522 cm³/mol. The van der Waals surface area contributed by atoms with Crippen LogP contribution in [0, 0.1) is 23.7 Å². The first kappa shape index (κ1) is 119. The molecule has 0 bridgehead atoms. The zero-order chi connectivity index (χ0) is 106. The molecule has 18 amide bonds. The third kappa shape index (κ3) is 45.2. The molecule has 4 rings (SSSR count). The fraction of sp³-hybridized carbons (Fsp3) is 0.543. The Balaban J connectivity index is 1.64. The molecule has 0 fully saturated rings. The Kier molecular flexibility index (Phi) is 51.5. The van der Waals surface area contributed by atoms with E-state index in [0.29, 0.717) is 16.7 Å². The van der Waals surface area contributed by atoms with E-state index in [1.54, 1.807) is 102 Å². The molecule has 0 unspecified atom stereocenters. The molecule has 16 atom stereocenters. The van der Waals surface area contributed by atoms with E-state index in [1.165, 1.54) is 57.6 Å². The molecule has 0 aliphatic rings. The third-order valence-electron chi connectivity index (χ3n) is 21.8. The number of aromatic hydroxyl groups is 1. The molecule has 0 aliphatic heterocycles. The third-order valence-corrected chi connectivity index (χ3v) is 21.8. The predicted octanol–water partition coefficient (Wildman–Crippen LogP) is -7.37. The number of rotatable bonds is 64. The van der Waals surface area contributed by atoms with Crippen LogP contribution in [-0.4, -0.2) is 272 Å². The van der Waals surface area contributed by atoms with Crippen LogP contribution >= 0.6 is 0 Å². The van der Waals surface area contributed by atoms with Crippen LogP contribution in [0.3, 0.4) is 0 Å². The summed E-state index contributed by atoms with van der Waals surface area (Å²) in [6.45, 7) is 14.3. The number of benzene rings is 3. The molecule has 50 heteroatoms. The molecule has 1 aromatic heterocycles. The fourth-order valence-electron chi connectivity index (χ4n) is 14.6. The summed E-state index contributed by atoms with van der Waals surface area (Å²) in [5.74, 6) is -21.1. The number of hydrogen-bond donors (Lipinski definition) is 28. The minimum Gasteiger partial charge on any atom is -0.508 e. The van der Waals surface area contributed by atoms with Crippen molar-refractivity contribution in [3.63, 3.8) is 0 Å². The number of amides is 18. The number of guanidine groups is 3. The SMILES string of the molecule is CC(=O)N[C@@H](Cc1ccccc1)C(=O)N[C@@H](CO)C(=O)N[C@@H](CC(C)C)C(=O)N[C@@H](CCCN=C(N)N)C(=O)N[C@@H](Cc1c[nH]cn1)C(=O)N[C@@H](Cc1ccccc1)C(=O)N[C@@H](CC(C)C)C(=O)N[C@@H](CC(N)=O)C(=O)N[C@@H](CC(C)C)C(=O)N[C@H](C(=O)N[C@H](C(=O)N[C@@H](CCCN=C(N)N)C(=O)N[C@@H](CCC(N)=O)C(=O)N[C@@H](CCCN=C(N)N)C(=O)N[C@@H](Cc1ccc(O)cc1)C(N)=O)[C@@H](C)O)C(C)C. The summed E-state index contributed by atoms with van der Waals surface area (Å²) in [7, 11) is 0. The number of imidazole rings is 1. The molecule has 0 saturated carbocycles. The molecular weight excluding hydrogens is 1850 g/mol. The normalized spacial score (nSPS) is 14.5. The maximum Gasteiger partial charge on any atom is 0.245 e. The molecule has 782 valence electrons. The van der Waals surface area contributed by atoms with Gasteiger partial charge in [-0.1, -0.05) is 128 Å². The van der Waals surface area contributed by atoms with Gasteiger partial charge in [0, 0.05) is 64.9 Å². The lowest BCUT2D eigenvalue weighted by Gasteiger charge is -2.30. The topological polar surface area (TPSA) is 848 Å². The van der Waals surface area contributed by atoms with Gasteiger partial charge in [-0.3, -0.25) is 101 Å². The summed E-state index contributed by atoms with van der Waals surface area (Å²) < 4.78 is 0. The van der Waals surface area contributed by atoms with Crippen LogP contribution in [-0.2, 0) is 112 Å². The van der Waals surface area contributed by atoms with Crippen molar-refractivity contribution in [3.05, 3.63) is 120 Å². The van der Waals surface area contributed by atoms with E-state index in [1.807, 2.05) is 0 Å². The summed E-state index contributed by atoms with van der Waals surface area (Å²) in [6.07, 6.45) is -2.93. The average molecular weight is 1990 g/mol. The van der Waals surface area contributed by atoms with Crippen molar-refractivity contribution < 1.29 is 102 Å². The first-order valence-electron chi connectivity index (χ1n) is 46.6. The van der Waals surface area contributed by atoms with E-state index in [4.69, 9.17) is 51.6 Å². The number of aromatic nitrogens is 2. The number of nitrogens with zero attached hydrogens (tertiary/aromatic N) is 4. The average Bonchev–Trinajstić information content (AvgIpc) is 1.04. The number of carbonyl (C=O) groups excluding carboxylic acids is 18. The van der Waals surface area contributed by atoms with E-state index >= 15 is 9.59 Å². The molecule has 4 aromatic rings. The number of phenolic OH excluding ortho intramolecular Hbond substituents is 1. The Morgan fingerprint density at radius 2 is 0.655 bits per heavy atom. The fourth-order valence-corrected chi connectivity index (χ4v) is 14.6. The highest BCUT2D eigenvalue weighted by atomic mass is 16.3. The second-order valence-corrected chi connectivity index (χ2v) is 36.0. The summed E-state index contributed by atoms with van der Waals surface area (Å²) in [4.78, 5) is 273. The molecule has 0 radical (unpaired) electrons. The first-order valence-corrected chi connectivity index (χ1v) is 46.6. The number of carbonyl (C=O) groups is 18. The molecule has 37 N–H and O–H groups in total. The first-order chi connectivity index (χ1) is 66.9. The number of hydrogen-bond acceptors (Lipinski definition) is 25. The molecule has 1 heterocycles. The van der Waals surface area contributed by atoms with Crippen molar-refractivity contribution in [1.29, 1.82) is 0 Å². The monoisotopic (exact) mass is 1990 g/mol. The van der Waals surface area contributed by atoms with Gasteiger partial charge in [-0.15, -0.1) is 0 Å². The second kappa shape index (κ2) is 61.3. The van der Waals surface area contributed by atoms with E-state index in [0.717, 1.165) is 6.92 Å². The molecule has 3 aromatic carbocycles. The lowest BCUT2D eigenvalue weighted by Crippen LogP contribution is -2.63. The molecule has 0 aliphatic carbocycles. The molecule has 142 heavy (non-hydrogen) atoms. The minimum atomic E-state index is -1.95. The van der Waals surface area contributed by atoms with Crippen LogP contribution in [0.1, 0.15) is 169 Å².